The number of hydroxylamine groups is 1. The van der Waals surface area contributed by atoms with E-state index in [1.54, 1.807) is 13.0 Å². The van der Waals surface area contributed by atoms with Gasteiger partial charge in [0.1, 0.15) is 12.1 Å². The maximum Gasteiger partial charge on any atom is 0.205 e. The predicted molar refractivity (Wildman–Crippen MR) is 57.3 cm³/mol. The molecule has 0 bridgehead atoms. The average molecular weight is 216 g/mol. The maximum absolute atomic E-state index is 11.1. The topological polar surface area (TPSA) is 78.9 Å². The summed E-state index contributed by atoms with van der Waals surface area (Å²) in [5.41, 5.74) is 0. The summed E-state index contributed by atoms with van der Waals surface area (Å²) in [6, 6.07) is -0.594. The molecule has 0 rings (SSSR count). The van der Waals surface area contributed by atoms with Gasteiger partial charge in [-0.2, -0.15) is 0 Å². The number of aliphatic hydroxyl groups excluding tert-OH is 2. The molecule has 0 aromatic carbocycles. The van der Waals surface area contributed by atoms with E-state index in [9.17, 15) is 5.21 Å². The molecule has 0 heterocycles. The van der Waals surface area contributed by atoms with Gasteiger partial charge in [0, 0.05) is 0 Å². The molecule has 5 heteroatoms. The Morgan fingerprint density at radius 1 is 1.53 bits per heavy atom. The van der Waals surface area contributed by atoms with E-state index in [4.69, 9.17) is 10.2 Å². The van der Waals surface area contributed by atoms with Gasteiger partial charge in [0.05, 0.1) is 6.61 Å². The van der Waals surface area contributed by atoms with E-state index < -0.39 is 18.8 Å². The van der Waals surface area contributed by atoms with Crippen molar-refractivity contribution in [1.29, 1.82) is 0 Å². The highest BCUT2D eigenvalue weighted by molar-refractivity contribution is 4.72. The molecule has 15 heavy (non-hydrogen) atoms. The van der Waals surface area contributed by atoms with Crippen LogP contribution in [0, 0.1) is 5.21 Å². The van der Waals surface area contributed by atoms with Crippen molar-refractivity contribution >= 4 is 0 Å². The molecule has 0 unspecified atom stereocenters. The zero-order valence-electron chi connectivity index (χ0n) is 9.33. The fourth-order valence-corrected chi connectivity index (χ4v) is 0.934. The van der Waals surface area contributed by atoms with Crippen LogP contribution in [0.1, 0.15) is 33.1 Å². The van der Waals surface area contributed by atoms with Gasteiger partial charge in [-0.15, -0.1) is 0 Å². The quantitative estimate of drug-likeness (QED) is 0.292. The highest BCUT2D eigenvalue weighted by Crippen LogP contribution is 1.99. The van der Waals surface area contributed by atoms with Crippen molar-refractivity contribution in [2.45, 2.75) is 45.3 Å². The van der Waals surface area contributed by atoms with Gasteiger partial charge in [0.25, 0.3) is 0 Å². The van der Waals surface area contributed by atoms with Gasteiger partial charge in [-0.3, -0.25) is 0 Å². The van der Waals surface area contributed by atoms with Gasteiger partial charge in [-0.25, -0.2) is 0 Å². The standard InChI is InChI=1S/C10H20N2O3/c1-3-4-5-6-7-12(15)11-9(2)10(14)8-13/h6-7,9-10,13-14H,3-5,8H2,1-2H3/b7-6-,12-11?/t9-,10-/m1/s1. The van der Waals surface area contributed by atoms with Crippen molar-refractivity contribution in [3.05, 3.63) is 17.5 Å². The average Bonchev–Trinajstić information content (AvgIpc) is 2.23. The second kappa shape index (κ2) is 8.38. The van der Waals surface area contributed by atoms with E-state index in [-0.39, 0.29) is 0 Å². The third-order valence-electron chi connectivity index (χ3n) is 2.00. The second-order valence-electron chi connectivity index (χ2n) is 3.44. The largest absolute Gasteiger partial charge is 0.595 e. The van der Waals surface area contributed by atoms with E-state index in [0.29, 0.717) is 4.86 Å². The Morgan fingerprint density at radius 2 is 2.20 bits per heavy atom. The lowest BCUT2D eigenvalue weighted by molar-refractivity contribution is -0.463. The van der Waals surface area contributed by atoms with Crippen LogP contribution in [0.3, 0.4) is 0 Å². The summed E-state index contributed by atoms with van der Waals surface area (Å²) in [4.78, 5) is 0.430. The minimum atomic E-state index is -0.981. The van der Waals surface area contributed by atoms with E-state index in [1.807, 2.05) is 0 Å². The lowest BCUT2D eigenvalue weighted by atomic mass is 10.2. The summed E-state index contributed by atoms with van der Waals surface area (Å²) in [7, 11) is 0. The molecule has 0 spiro atoms. The number of unbranched alkanes of at least 4 members (excludes halogenated alkanes) is 2. The summed E-state index contributed by atoms with van der Waals surface area (Å²) < 4.78 is 0. The molecule has 0 fully saturated rings. The van der Waals surface area contributed by atoms with Crippen LogP contribution in [0.2, 0.25) is 0 Å². The second-order valence-corrected chi connectivity index (χ2v) is 3.44. The minimum Gasteiger partial charge on any atom is -0.595 e. The first kappa shape index (κ1) is 14.1. The van der Waals surface area contributed by atoms with Gasteiger partial charge in [0.2, 0.25) is 6.20 Å². The zero-order chi connectivity index (χ0) is 11.7. The Kier molecular flexibility index (Phi) is 7.85. The van der Waals surface area contributed by atoms with E-state index in [0.717, 1.165) is 19.3 Å². The fourth-order valence-electron chi connectivity index (χ4n) is 0.934. The van der Waals surface area contributed by atoms with Gasteiger partial charge in [0.15, 0.2) is 0 Å². The van der Waals surface area contributed by atoms with Crippen molar-refractivity contribution in [3.8, 4) is 0 Å². The summed E-state index contributed by atoms with van der Waals surface area (Å²) in [5.74, 6) is 0. The maximum atomic E-state index is 11.1. The molecule has 0 saturated heterocycles. The zero-order valence-corrected chi connectivity index (χ0v) is 9.33. The van der Waals surface area contributed by atoms with Gasteiger partial charge in [-0.05, 0) is 31.0 Å². The highest BCUT2D eigenvalue weighted by Gasteiger charge is 2.14. The number of rotatable bonds is 7. The summed E-state index contributed by atoms with van der Waals surface area (Å²) in [5, 5.41) is 32.5. The summed E-state index contributed by atoms with van der Waals surface area (Å²) in [6.45, 7) is 3.26. The SMILES string of the molecule is CCCC/C=C\[N+]([O-])=N[C@H](C)[C@H](O)CO. The van der Waals surface area contributed by atoms with Crippen molar-refractivity contribution in [3.63, 3.8) is 0 Å². The Morgan fingerprint density at radius 3 is 2.73 bits per heavy atom. The number of azo groups is 1. The molecular weight excluding hydrogens is 196 g/mol. The minimum absolute atomic E-state index is 0.391. The number of hydrogen-bond acceptors (Lipinski definition) is 4. The number of hydrogen-bond donors (Lipinski definition) is 2. The van der Waals surface area contributed by atoms with Crippen molar-refractivity contribution in [2.24, 2.45) is 5.11 Å². The third-order valence-corrected chi connectivity index (χ3v) is 2.00. The first-order valence-electron chi connectivity index (χ1n) is 5.24. The van der Waals surface area contributed by atoms with Gasteiger partial charge in [-0.1, -0.05) is 18.2 Å². The van der Waals surface area contributed by atoms with Gasteiger partial charge >= 0.3 is 0 Å². The molecule has 2 N–H and O–H groups in total. The van der Waals surface area contributed by atoms with E-state index in [2.05, 4.69) is 12.0 Å². The normalized spacial score (nSPS) is 16.9. The molecule has 5 nitrogen and oxygen atoms in total. The van der Waals surface area contributed by atoms with Crippen LogP contribution in [-0.4, -0.2) is 33.8 Å². The Hall–Kier alpha value is -0.940. The summed E-state index contributed by atoms with van der Waals surface area (Å²) >= 11 is 0. The Balaban J connectivity index is 4.01. The molecule has 0 aromatic heterocycles. The third kappa shape index (κ3) is 7.04. The number of nitrogens with zero attached hydrogens (tertiary/aromatic N) is 2. The molecule has 0 aliphatic carbocycles. The van der Waals surface area contributed by atoms with Crippen molar-refractivity contribution < 1.29 is 15.1 Å². The molecule has 0 aromatic rings. The fraction of sp³-hybridized carbons (Fsp3) is 0.800. The highest BCUT2D eigenvalue weighted by atomic mass is 16.5. The smallest absolute Gasteiger partial charge is 0.205 e. The van der Waals surface area contributed by atoms with Crippen LogP contribution in [0.5, 0.6) is 0 Å². The van der Waals surface area contributed by atoms with Crippen LogP contribution in [-0.2, 0) is 0 Å². The van der Waals surface area contributed by atoms with Gasteiger partial charge < -0.3 is 15.4 Å². The molecule has 0 saturated carbocycles. The van der Waals surface area contributed by atoms with Crippen LogP contribution >= 0.6 is 0 Å². The first-order valence-corrected chi connectivity index (χ1v) is 5.24. The molecular formula is C10H20N2O3. The van der Waals surface area contributed by atoms with Crippen LogP contribution in [0.15, 0.2) is 17.4 Å². The van der Waals surface area contributed by atoms with E-state index in [1.165, 1.54) is 6.20 Å². The lowest BCUT2D eigenvalue weighted by Crippen LogP contribution is -2.25. The predicted octanol–water partition coefficient (Wildman–Crippen LogP) is 1.39. The summed E-state index contributed by atoms with van der Waals surface area (Å²) in [6.07, 6.45) is 5.07. The number of aliphatic hydroxyl groups is 2. The first-order chi connectivity index (χ1) is 7.11. The molecule has 2 atom stereocenters. The number of allylic oxidation sites excluding steroid dienone is 1. The molecule has 0 aliphatic heterocycles. The van der Waals surface area contributed by atoms with Crippen LogP contribution < -0.4 is 0 Å². The lowest BCUT2D eigenvalue weighted by Gasteiger charge is -2.08. The molecule has 0 amide bonds. The van der Waals surface area contributed by atoms with Crippen molar-refractivity contribution in [2.75, 3.05) is 6.61 Å². The van der Waals surface area contributed by atoms with E-state index >= 15 is 0 Å². The Bertz CT molecular complexity index is 217. The molecule has 88 valence electrons. The Labute approximate surface area is 90.3 Å². The molecule has 0 radical (unpaired) electrons. The van der Waals surface area contributed by atoms with Crippen molar-refractivity contribution in [1.82, 2.24) is 0 Å². The van der Waals surface area contributed by atoms with Crippen LogP contribution in [0.4, 0.5) is 0 Å². The monoisotopic (exact) mass is 216 g/mol. The molecule has 0 aliphatic rings. The van der Waals surface area contributed by atoms with Crippen LogP contribution in [0.25, 0.3) is 0 Å².